The van der Waals surface area contributed by atoms with Crippen molar-refractivity contribution in [1.29, 1.82) is 0 Å². The number of likely N-dealkylation sites (tertiary alicyclic amines) is 2. The molecule has 2 saturated heterocycles. The second-order valence-corrected chi connectivity index (χ2v) is 14.3. The fraction of sp³-hybridized carbons (Fsp3) is 0.341. The Hall–Kier alpha value is -5.71. The summed E-state index contributed by atoms with van der Waals surface area (Å²) in [4.78, 5) is 61.6. The molecule has 0 spiro atoms. The summed E-state index contributed by atoms with van der Waals surface area (Å²) < 4.78 is 10.9. The molecule has 4 aromatic rings. The van der Waals surface area contributed by atoms with Gasteiger partial charge in [0.25, 0.3) is 0 Å². The second kappa shape index (κ2) is 15.3. The highest BCUT2D eigenvalue weighted by Gasteiger charge is 2.55. The molecule has 6 rings (SSSR count). The standard InChI is InChI=1S/C41H44N4O7/c1-41(2,3)52-40(50)44(25-27-12-18-33(51-4)19-13-27)35-24-28(20-21-42-35)23-34-36(38(47)48)45(37(34)46)39(49)43-22-8-11-32(26-43)31-16-14-30(15-17-31)29-9-6-5-7-10-29/h5-7,9-10,12-21,24,32,34,36H,8,11,22-23,25-26H2,1-4H3,(H,47,48)/t32?,34-,36+/m1/s1. The molecule has 0 bridgehead atoms. The number of amides is 4. The number of carboxylic acids is 1. The summed E-state index contributed by atoms with van der Waals surface area (Å²) in [5.41, 5.74) is 3.96. The van der Waals surface area contributed by atoms with Gasteiger partial charge in [0.05, 0.1) is 19.6 Å². The lowest BCUT2D eigenvalue weighted by Crippen LogP contribution is -2.69. The summed E-state index contributed by atoms with van der Waals surface area (Å²) in [5.74, 6) is -1.71. The van der Waals surface area contributed by atoms with Crippen LogP contribution in [0.15, 0.2) is 97.2 Å². The summed E-state index contributed by atoms with van der Waals surface area (Å²) in [6.45, 7) is 6.30. The maximum atomic E-state index is 13.8. The van der Waals surface area contributed by atoms with Crippen LogP contribution in [0, 0.1) is 5.92 Å². The second-order valence-electron chi connectivity index (χ2n) is 14.3. The predicted octanol–water partition coefficient (Wildman–Crippen LogP) is 7.15. The van der Waals surface area contributed by atoms with Crippen molar-refractivity contribution in [3.05, 3.63) is 114 Å². The monoisotopic (exact) mass is 704 g/mol. The summed E-state index contributed by atoms with van der Waals surface area (Å²) in [6, 6.07) is 27.1. The quantitative estimate of drug-likeness (QED) is 0.182. The number of carbonyl (C=O) groups is 4. The molecule has 0 saturated carbocycles. The Morgan fingerprint density at radius 1 is 0.923 bits per heavy atom. The molecule has 4 amide bonds. The molecule has 0 aliphatic carbocycles. The number of piperidine rings is 1. The molecule has 52 heavy (non-hydrogen) atoms. The smallest absolute Gasteiger partial charge is 0.416 e. The first-order chi connectivity index (χ1) is 24.9. The molecule has 3 atom stereocenters. The summed E-state index contributed by atoms with van der Waals surface area (Å²) in [6.07, 6.45) is 2.58. The van der Waals surface area contributed by atoms with Crippen molar-refractivity contribution in [2.45, 2.75) is 64.1 Å². The molecule has 0 radical (unpaired) electrons. The topological polar surface area (TPSA) is 130 Å². The Morgan fingerprint density at radius 3 is 2.27 bits per heavy atom. The molecular formula is C41H44N4O7. The molecule has 11 nitrogen and oxygen atoms in total. The number of rotatable bonds is 9. The van der Waals surface area contributed by atoms with Gasteiger partial charge in [-0.1, -0.05) is 66.7 Å². The molecule has 3 heterocycles. The van der Waals surface area contributed by atoms with E-state index in [1.165, 1.54) is 11.1 Å². The number of aromatic nitrogens is 1. The number of methoxy groups -OCH3 is 1. The first-order valence-electron chi connectivity index (χ1n) is 17.5. The third-order valence-electron chi connectivity index (χ3n) is 9.51. The molecule has 270 valence electrons. The zero-order valence-corrected chi connectivity index (χ0v) is 29.9. The van der Waals surface area contributed by atoms with Gasteiger partial charge in [0.1, 0.15) is 17.2 Å². The van der Waals surface area contributed by atoms with Crippen LogP contribution in [0.5, 0.6) is 5.75 Å². The van der Waals surface area contributed by atoms with E-state index in [1.807, 2.05) is 30.3 Å². The highest BCUT2D eigenvalue weighted by molar-refractivity contribution is 6.07. The Kier molecular flexibility index (Phi) is 10.6. The Morgan fingerprint density at radius 2 is 1.62 bits per heavy atom. The summed E-state index contributed by atoms with van der Waals surface area (Å²) in [5, 5.41) is 10.2. The van der Waals surface area contributed by atoms with Gasteiger partial charge in [-0.05, 0) is 92.1 Å². The van der Waals surface area contributed by atoms with Crippen molar-refractivity contribution in [2.24, 2.45) is 5.92 Å². The zero-order valence-electron chi connectivity index (χ0n) is 29.9. The van der Waals surface area contributed by atoms with Gasteiger partial charge in [0, 0.05) is 25.2 Å². The van der Waals surface area contributed by atoms with Crippen molar-refractivity contribution in [1.82, 2.24) is 14.8 Å². The van der Waals surface area contributed by atoms with E-state index in [1.54, 1.807) is 57.0 Å². The predicted molar refractivity (Wildman–Crippen MR) is 196 cm³/mol. The molecular weight excluding hydrogens is 660 g/mol. The average Bonchev–Trinajstić information content (AvgIpc) is 3.14. The number of pyridine rings is 1. The van der Waals surface area contributed by atoms with E-state index >= 15 is 0 Å². The minimum atomic E-state index is -1.32. The lowest BCUT2D eigenvalue weighted by atomic mass is 9.82. The van der Waals surface area contributed by atoms with E-state index in [0.29, 0.717) is 24.4 Å². The van der Waals surface area contributed by atoms with E-state index in [-0.39, 0.29) is 24.7 Å². The molecule has 2 aliphatic rings. The number of nitrogens with zero attached hydrogens (tertiary/aromatic N) is 4. The van der Waals surface area contributed by atoms with Gasteiger partial charge in [0.2, 0.25) is 5.91 Å². The van der Waals surface area contributed by atoms with E-state index < -0.39 is 41.6 Å². The molecule has 1 N–H and O–H groups in total. The fourth-order valence-electron chi connectivity index (χ4n) is 6.86. The molecule has 1 unspecified atom stereocenters. The first kappa shape index (κ1) is 36.1. The van der Waals surface area contributed by atoms with Crippen LogP contribution >= 0.6 is 0 Å². The van der Waals surface area contributed by atoms with Crippen LogP contribution < -0.4 is 9.64 Å². The number of carbonyl (C=O) groups excluding carboxylic acids is 3. The van der Waals surface area contributed by atoms with Crippen molar-refractivity contribution < 1.29 is 33.8 Å². The summed E-state index contributed by atoms with van der Waals surface area (Å²) >= 11 is 0. The Balaban J connectivity index is 1.15. The number of urea groups is 1. The maximum absolute atomic E-state index is 13.8. The number of imide groups is 1. The number of carboxylic acid groups (broad SMARTS) is 1. The number of aliphatic carboxylic acids is 1. The lowest BCUT2D eigenvalue weighted by Gasteiger charge is -2.46. The number of ether oxygens (including phenoxy) is 2. The van der Waals surface area contributed by atoms with Gasteiger partial charge in [-0.25, -0.2) is 24.3 Å². The summed E-state index contributed by atoms with van der Waals surface area (Å²) in [7, 11) is 1.57. The average molecular weight is 705 g/mol. The molecule has 2 aliphatic heterocycles. The van der Waals surface area contributed by atoms with E-state index in [9.17, 15) is 24.3 Å². The normalized spacial score (nSPS) is 18.7. The minimum Gasteiger partial charge on any atom is -0.497 e. The van der Waals surface area contributed by atoms with Crippen molar-refractivity contribution >= 4 is 29.8 Å². The highest BCUT2D eigenvalue weighted by Crippen LogP contribution is 2.35. The van der Waals surface area contributed by atoms with Gasteiger partial charge >= 0.3 is 18.1 Å². The SMILES string of the molecule is COc1ccc(CN(C(=O)OC(C)(C)C)c2cc(C[C@H]3C(=O)N(C(=O)N4CCCC(c5ccc(-c6ccccc6)cc5)C4)[C@@H]3C(=O)O)ccn2)cc1. The largest absolute Gasteiger partial charge is 0.497 e. The Labute approximate surface area is 303 Å². The van der Waals surface area contributed by atoms with Crippen LogP contribution in [-0.4, -0.2) is 75.7 Å². The zero-order chi connectivity index (χ0) is 37.0. The maximum Gasteiger partial charge on any atom is 0.416 e. The van der Waals surface area contributed by atoms with Crippen LogP contribution in [0.1, 0.15) is 56.2 Å². The first-order valence-corrected chi connectivity index (χ1v) is 17.5. The number of benzene rings is 3. The van der Waals surface area contributed by atoms with Crippen molar-refractivity contribution in [3.63, 3.8) is 0 Å². The van der Waals surface area contributed by atoms with E-state index in [4.69, 9.17) is 9.47 Å². The molecule has 3 aromatic carbocycles. The molecule has 11 heteroatoms. The van der Waals surface area contributed by atoms with Crippen molar-refractivity contribution in [3.8, 4) is 16.9 Å². The van der Waals surface area contributed by atoms with Crippen LogP contribution in [0.4, 0.5) is 15.4 Å². The van der Waals surface area contributed by atoms with Gasteiger partial charge in [-0.2, -0.15) is 0 Å². The number of anilines is 1. The van der Waals surface area contributed by atoms with Gasteiger partial charge in [0.15, 0.2) is 6.04 Å². The highest BCUT2D eigenvalue weighted by atomic mass is 16.6. The van der Waals surface area contributed by atoms with Crippen LogP contribution in [0.25, 0.3) is 11.1 Å². The van der Waals surface area contributed by atoms with Gasteiger partial charge in [-0.3, -0.25) is 9.69 Å². The minimum absolute atomic E-state index is 0.0518. The third-order valence-corrected chi connectivity index (χ3v) is 9.51. The van der Waals surface area contributed by atoms with Crippen molar-refractivity contribution in [2.75, 3.05) is 25.1 Å². The van der Waals surface area contributed by atoms with Gasteiger partial charge < -0.3 is 19.5 Å². The van der Waals surface area contributed by atoms with Gasteiger partial charge in [-0.15, -0.1) is 0 Å². The number of hydrogen-bond donors (Lipinski definition) is 1. The van der Waals surface area contributed by atoms with Crippen LogP contribution in [-0.2, 0) is 27.3 Å². The molecule has 2 fully saturated rings. The molecule has 1 aromatic heterocycles. The van der Waals surface area contributed by atoms with Crippen LogP contribution in [0.2, 0.25) is 0 Å². The number of hydrogen-bond acceptors (Lipinski definition) is 7. The van der Waals surface area contributed by atoms with E-state index in [2.05, 4.69) is 41.4 Å². The third kappa shape index (κ3) is 8.09. The Bertz CT molecular complexity index is 1910. The number of β-lactam (4-membered cyclic amide) rings is 1. The lowest BCUT2D eigenvalue weighted by molar-refractivity contribution is -0.166. The fourth-order valence-corrected chi connectivity index (χ4v) is 6.86. The van der Waals surface area contributed by atoms with E-state index in [0.717, 1.165) is 40.0 Å². The van der Waals surface area contributed by atoms with Crippen LogP contribution in [0.3, 0.4) is 0 Å².